The molecule has 0 spiro atoms. The summed E-state index contributed by atoms with van der Waals surface area (Å²) >= 11 is -2.11. The zero-order valence-electron chi connectivity index (χ0n) is 7.03. The number of rotatable bonds is 4. The van der Waals surface area contributed by atoms with E-state index < -0.39 is 22.8 Å². The second kappa shape index (κ2) is 4.42. The smallest absolute Gasteiger partial charge is 0.405 e. The molecule has 0 saturated carbocycles. The van der Waals surface area contributed by atoms with Gasteiger partial charge in [-0.3, -0.25) is 4.21 Å². The van der Waals surface area contributed by atoms with Crippen LogP contribution in [0.25, 0.3) is 0 Å². The van der Waals surface area contributed by atoms with E-state index in [-0.39, 0.29) is 12.2 Å². The Labute approximate surface area is 73.6 Å². The van der Waals surface area contributed by atoms with Gasteiger partial charge in [0.25, 0.3) is 0 Å². The van der Waals surface area contributed by atoms with Crippen molar-refractivity contribution in [3.63, 3.8) is 0 Å². The molecule has 0 fully saturated rings. The highest BCUT2D eigenvalue weighted by molar-refractivity contribution is 7.79. The summed E-state index contributed by atoms with van der Waals surface area (Å²) in [6.07, 6.45) is -0.650. The van der Waals surface area contributed by atoms with Gasteiger partial charge in [-0.25, -0.2) is 4.79 Å². The van der Waals surface area contributed by atoms with Gasteiger partial charge in [0.15, 0.2) is 0 Å². The van der Waals surface area contributed by atoms with E-state index in [9.17, 15) is 13.6 Å². The van der Waals surface area contributed by atoms with Gasteiger partial charge in [0.1, 0.15) is 5.60 Å². The van der Waals surface area contributed by atoms with Crippen molar-refractivity contribution in [3.8, 4) is 0 Å². The molecule has 0 rings (SSSR count). The summed E-state index contributed by atoms with van der Waals surface area (Å²) in [5.41, 5.74) is 3.96. The molecule has 5 nitrogen and oxygen atoms in total. The van der Waals surface area contributed by atoms with E-state index in [0.717, 1.165) is 0 Å². The van der Waals surface area contributed by atoms with Crippen LogP contribution < -0.4 is 5.73 Å². The van der Waals surface area contributed by atoms with Gasteiger partial charge < -0.3 is 15.0 Å². The van der Waals surface area contributed by atoms with Crippen molar-refractivity contribution in [2.75, 3.05) is 5.75 Å². The predicted octanol–water partition coefficient (Wildman–Crippen LogP) is 0.130. The number of amides is 1. The van der Waals surface area contributed by atoms with Crippen molar-refractivity contribution in [3.05, 3.63) is 0 Å². The average Bonchev–Trinajstić information content (AvgIpc) is 1.81. The molecule has 0 aliphatic rings. The molecule has 12 heavy (non-hydrogen) atoms. The van der Waals surface area contributed by atoms with Gasteiger partial charge in [0.2, 0.25) is 0 Å². The van der Waals surface area contributed by atoms with Crippen LogP contribution in [0.3, 0.4) is 0 Å². The quantitative estimate of drug-likeness (QED) is 0.644. The molecule has 1 unspecified atom stereocenters. The summed E-state index contributed by atoms with van der Waals surface area (Å²) in [6.45, 7) is 3.20. The van der Waals surface area contributed by atoms with Crippen molar-refractivity contribution in [1.82, 2.24) is 0 Å². The molecule has 0 aromatic carbocycles. The number of nitrogens with two attached hydrogens (primary N) is 1. The SMILES string of the molecule is CC(C)(CCS(=O)[O-])OC(N)=O. The number of carbonyl (C=O) groups excluding carboxylic acids is 1. The molecule has 1 amide bonds. The molecule has 0 aromatic rings. The average molecular weight is 194 g/mol. The maximum Gasteiger partial charge on any atom is 0.405 e. The van der Waals surface area contributed by atoms with Gasteiger partial charge in [-0.05, 0) is 20.3 Å². The summed E-state index contributed by atoms with van der Waals surface area (Å²) in [7, 11) is 0. The monoisotopic (exact) mass is 194 g/mol. The fourth-order valence-electron chi connectivity index (χ4n) is 0.652. The minimum absolute atomic E-state index is 0.0414. The predicted molar refractivity (Wildman–Crippen MR) is 43.2 cm³/mol. The molecule has 1 atom stereocenters. The third-order valence-corrected chi connectivity index (χ3v) is 1.79. The van der Waals surface area contributed by atoms with E-state index in [2.05, 4.69) is 4.74 Å². The van der Waals surface area contributed by atoms with Crippen LogP contribution >= 0.6 is 0 Å². The lowest BCUT2D eigenvalue weighted by atomic mass is 10.1. The molecule has 72 valence electrons. The van der Waals surface area contributed by atoms with Gasteiger partial charge in [-0.2, -0.15) is 0 Å². The lowest BCUT2D eigenvalue weighted by Crippen LogP contribution is -2.32. The summed E-state index contributed by atoms with van der Waals surface area (Å²) in [5, 5.41) is 0. The van der Waals surface area contributed by atoms with E-state index in [1.165, 1.54) is 0 Å². The standard InChI is InChI=1S/C6H13NO4S/c1-6(2,11-5(7)8)3-4-12(9)10/h3-4H2,1-2H3,(H2,7,8)(H,9,10)/p-1. The van der Waals surface area contributed by atoms with Gasteiger partial charge in [0, 0.05) is 5.75 Å². The Hall–Kier alpha value is -0.620. The highest BCUT2D eigenvalue weighted by Crippen LogP contribution is 2.14. The van der Waals surface area contributed by atoms with Gasteiger partial charge in [0.05, 0.1) is 0 Å². The normalized spacial score (nSPS) is 13.9. The second-order valence-electron chi connectivity index (χ2n) is 2.94. The van der Waals surface area contributed by atoms with E-state index in [1.54, 1.807) is 13.8 Å². The highest BCUT2D eigenvalue weighted by atomic mass is 32.2. The molecule has 6 heteroatoms. The van der Waals surface area contributed by atoms with Crippen molar-refractivity contribution >= 4 is 17.2 Å². The number of hydrogen-bond acceptors (Lipinski definition) is 4. The minimum Gasteiger partial charge on any atom is -0.772 e. The molecule has 2 N–H and O–H groups in total. The third kappa shape index (κ3) is 6.11. The second-order valence-corrected chi connectivity index (χ2v) is 3.95. The summed E-state index contributed by atoms with van der Waals surface area (Å²) in [6, 6.07) is 0. The van der Waals surface area contributed by atoms with Gasteiger partial charge in [-0.15, -0.1) is 0 Å². The first-order valence-electron chi connectivity index (χ1n) is 3.38. The van der Waals surface area contributed by atoms with Crippen LogP contribution in [0.1, 0.15) is 20.3 Å². The Kier molecular flexibility index (Phi) is 4.19. The Morgan fingerprint density at radius 3 is 2.50 bits per heavy atom. The number of hydrogen-bond donors (Lipinski definition) is 1. The maximum absolute atomic E-state index is 10.3. The van der Waals surface area contributed by atoms with Crippen molar-refractivity contribution in [2.45, 2.75) is 25.9 Å². The molecule has 0 aliphatic heterocycles. The molecule has 0 bridgehead atoms. The summed E-state index contributed by atoms with van der Waals surface area (Å²) in [4.78, 5) is 10.3. The number of primary amides is 1. The van der Waals surface area contributed by atoms with E-state index in [1.807, 2.05) is 0 Å². The Morgan fingerprint density at radius 1 is 1.67 bits per heavy atom. The first kappa shape index (κ1) is 11.4. The van der Waals surface area contributed by atoms with Crippen molar-refractivity contribution in [2.24, 2.45) is 5.73 Å². The Morgan fingerprint density at radius 2 is 2.17 bits per heavy atom. The molecule has 0 aromatic heterocycles. The van der Waals surface area contributed by atoms with Crippen LogP contribution in [0.2, 0.25) is 0 Å². The van der Waals surface area contributed by atoms with Crippen LogP contribution in [0.5, 0.6) is 0 Å². The van der Waals surface area contributed by atoms with Crippen LogP contribution in [0, 0.1) is 0 Å². The summed E-state index contributed by atoms with van der Waals surface area (Å²) < 4.78 is 25.0. The lowest BCUT2D eigenvalue weighted by molar-refractivity contribution is 0.0433. The molecular formula is C6H12NO4S-. The van der Waals surface area contributed by atoms with Crippen molar-refractivity contribution in [1.29, 1.82) is 0 Å². The Balaban J connectivity index is 3.86. The largest absolute Gasteiger partial charge is 0.772 e. The fraction of sp³-hybridized carbons (Fsp3) is 0.833. The van der Waals surface area contributed by atoms with Crippen molar-refractivity contribution < 1.29 is 18.3 Å². The van der Waals surface area contributed by atoms with E-state index in [4.69, 9.17) is 5.73 Å². The number of carbonyl (C=O) groups is 1. The van der Waals surface area contributed by atoms with Crippen LogP contribution in [-0.4, -0.2) is 26.2 Å². The minimum atomic E-state index is -2.11. The zero-order valence-corrected chi connectivity index (χ0v) is 7.85. The van der Waals surface area contributed by atoms with Crippen LogP contribution in [-0.2, 0) is 15.8 Å². The highest BCUT2D eigenvalue weighted by Gasteiger charge is 2.20. The third-order valence-electron chi connectivity index (χ3n) is 1.25. The van der Waals surface area contributed by atoms with E-state index >= 15 is 0 Å². The first-order chi connectivity index (χ1) is 5.33. The molecule has 0 heterocycles. The maximum atomic E-state index is 10.3. The summed E-state index contributed by atoms with van der Waals surface area (Å²) in [5.74, 6) is -0.0414. The lowest BCUT2D eigenvalue weighted by Gasteiger charge is -2.24. The van der Waals surface area contributed by atoms with Crippen LogP contribution in [0.4, 0.5) is 4.79 Å². The first-order valence-corrected chi connectivity index (χ1v) is 4.62. The molecular weight excluding hydrogens is 182 g/mol. The molecule has 0 aliphatic carbocycles. The topological polar surface area (TPSA) is 92.4 Å². The Bertz CT molecular complexity index is 192. The molecule has 0 radical (unpaired) electrons. The number of ether oxygens (including phenoxy) is 1. The van der Waals surface area contributed by atoms with Gasteiger partial charge in [-0.1, -0.05) is 11.1 Å². The zero-order chi connectivity index (χ0) is 9.78. The molecule has 0 saturated heterocycles. The van der Waals surface area contributed by atoms with Crippen LogP contribution in [0.15, 0.2) is 0 Å². The van der Waals surface area contributed by atoms with E-state index in [0.29, 0.717) is 0 Å². The fourth-order valence-corrected chi connectivity index (χ4v) is 1.31. The van der Waals surface area contributed by atoms with Gasteiger partial charge >= 0.3 is 6.09 Å².